The van der Waals surface area contributed by atoms with Crippen molar-refractivity contribution in [1.82, 2.24) is 0 Å². The maximum Gasteiger partial charge on any atom is 0.122 e. The average Bonchev–Trinajstić information content (AvgIpc) is 2.44. The van der Waals surface area contributed by atoms with Gasteiger partial charge in [0.15, 0.2) is 0 Å². The fraction of sp³-hybridized carbons (Fsp3) is 0.647. The Morgan fingerprint density at radius 2 is 1.63 bits per heavy atom. The summed E-state index contributed by atoms with van der Waals surface area (Å²) < 4.78 is 5.80. The quantitative estimate of drug-likeness (QED) is 0.642. The highest BCUT2D eigenvalue weighted by Gasteiger charge is 2.01. The predicted octanol–water partition coefficient (Wildman–Crippen LogP) is 2.86. The molecule has 1 rings (SSSR count). The number of hydrogen-bond acceptors (Lipinski definition) is 1. The lowest BCUT2D eigenvalue weighted by Gasteiger charge is -2.14. The van der Waals surface area contributed by atoms with Crippen molar-refractivity contribution in [2.24, 2.45) is 0 Å². The van der Waals surface area contributed by atoms with Crippen molar-refractivity contribution in [3.63, 3.8) is 0 Å². The van der Waals surface area contributed by atoms with Gasteiger partial charge in [0.2, 0.25) is 0 Å². The van der Waals surface area contributed by atoms with Crippen molar-refractivity contribution in [2.75, 3.05) is 26.2 Å². The number of para-hydroxylation sites is 1. The van der Waals surface area contributed by atoms with Crippen molar-refractivity contribution < 1.29 is 9.64 Å². The maximum atomic E-state index is 5.80. The second-order valence-electron chi connectivity index (χ2n) is 5.24. The summed E-state index contributed by atoms with van der Waals surface area (Å²) in [5.74, 6) is 1.04. The van der Waals surface area contributed by atoms with Crippen LogP contribution in [0.3, 0.4) is 0 Å². The zero-order chi connectivity index (χ0) is 13.9. The molecule has 0 saturated heterocycles. The first kappa shape index (κ1) is 16.0. The summed E-state index contributed by atoms with van der Waals surface area (Å²) in [5.41, 5.74) is 1.23. The largest absolute Gasteiger partial charge is 0.493 e. The molecular weight excluding hydrogens is 234 g/mol. The molecule has 0 bridgehead atoms. The predicted molar refractivity (Wildman–Crippen MR) is 82.1 cm³/mol. The molecule has 1 N–H and O–H groups in total. The van der Waals surface area contributed by atoms with E-state index in [0.29, 0.717) is 0 Å². The normalized spacial score (nSPS) is 10.9. The van der Waals surface area contributed by atoms with Gasteiger partial charge in [-0.05, 0) is 58.1 Å². The molecule has 0 saturated carbocycles. The van der Waals surface area contributed by atoms with Gasteiger partial charge in [-0.1, -0.05) is 18.2 Å². The van der Waals surface area contributed by atoms with E-state index in [0.717, 1.165) is 12.4 Å². The highest BCUT2D eigenvalue weighted by Crippen LogP contribution is 2.16. The maximum absolute atomic E-state index is 5.80. The van der Waals surface area contributed by atoms with Crippen LogP contribution in [0.25, 0.3) is 0 Å². The smallest absolute Gasteiger partial charge is 0.122 e. The topological polar surface area (TPSA) is 13.7 Å². The summed E-state index contributed by atoms with van der Waals surface area (Å²) in [6.45, 7) is 11.3. The molecule has 0 aliphatic rings. The molecule has 0 aliphatic heterocycles. The molecule has 0 spiro atoms. The zero-order valence-electron chi connectivity index (χ0n) is 12.9. The third-order valence-electron chi connectivity index (χ3n) is 3.78. The molecule has 0 radical (unpaired) electrons. The van der Waals surface area contributed by atoms with Crippen LogP contribution in [-0.2, 0) is 0 Å². The number of aryl methyl sites for hydroxylation is 1. The van der Waals surface area contributed by atoms with Crippen LogP contribution < -0.4 is 9.64 Å². The van der Waals surface area contributed by atoms with E-state index >= 15 is 0 Å². The van der Waals surface area contributed by atoms with Crippen LogP contribution in [-0.4, -0.2) is 26.2 Å². The molecule has 0 atom stereocenters. The van der Waals surface area contributed by atoms with Crippen LogP contribution in [0.15, 0.2) is 24.3 Å². The Morgan fingerprint density at radius 3 is 2.32 bits per heavy atom. The lowest BCUT2D eigenvalue weighted by atomic mass is 10.2. The third-order valence-corrected chi connectivity index (χ3v) is 3.78. The van der Waals surface area contributed by atoms with E-state index < -0.39 is 0 Å². The summed E-state index contributed by atoms with van der Waals surface area (Å²) in [5, 5.41) is 0. The average molecular weight is 264 g/mol. The van der Waals surface area contributed by atoms with Crippen LogP contribution in [0.5, 0.6) is 5.75 Å². The van der Waals surface area contributed by atoms with Gasteiger partial charge in [-0.3, -0.25) is 0 Å². The van der Waals surface area contributed by atoms with Crippen LogP contribution in [0.4, 0.5) is 0 Å². The van der Waals surface area contributed by atoms with E-state index in [4.69, 9.17) is 4.74 Å². The van der Waals surface area contributed by atoms with Crippen LogP contribution >= 0.6 is 0 Å². The molecule has 2 nitrogen and oxygen atoms in total. The Balaban J connectivity index is 2.01. The minimum Gasteiger partial charge on any atom is -0.493 e. The first-order chi connectivity index (χ1) is 9.27. The van der Waals surface area contributed by atoms with E-state index in [-0.39, 0.29) is 0 Å². The molecule has 0 amide bonds. The van der Waals surface area contributed by atoms with Gasteiger partial charge in [0, 0.05) is 0 Å². The summed E-state index contributed by atoms with van der Waals surface area (Å²) in [6.07, 6.45) is 5.14. The summed E-state index contributed by atoms with van der Waals surface area (Å²) in [4.78, 5) is 1.72. The fourth-order valence-corrected chi connectivity index (χ4v) is 2.33. The molecule has 108 valence electrons. The van der Waals surface area contributed by atoms with Gasteiger partial charge in [-0.15, -0.1) is 0 Å². The second kappa shape index (κ2) is 9.85. The second-order valence-corrected chi connectivity index (χ2v) is 5.24. The molecule has 1 aromatic carbocycles. The molecule has 0 aromatic heterocycles. The van der Waals surface area contributed by atoms with Gasteiger partial charge in [-0.2, -0.15) is 0 Å². The van der Waals surface area contributed by atoms with Gasteiger partial charge in [0.25, 0.3) is 0 Å². The molecule has 0 aliphatic carbocycles. The highest BCUT2D eigenvalue weighted by molar-refractivity contribution is 5.31. The first-order valence-electron chi connectivity index (χ1n) is 7.80. The van der Waals surface area contributed by atoms with Crippen molar-refractivity contribution >= 4 is 0 Å². The number of ether oxygens (including phenoxy) is 1. The summed E-state index contributed by atoms with van der Waals surface area (Å²) >= 11 is 0. The van der Waals surface area contributed by atoms with Crippen molar-refractivity contribution in [1.29, 1.82) is 0 Å². The fourth-order valence-electron chi connectivity index (χ4n) is 2.33. The lowest BCUT2D eigenvalue weighted by molar-refractivity contribution is -0.896. The number of benzene rings is 1. The number of unbranched alkanes of at least 4 members (excludes halogenated alkanes) is 3. The van der Waals surface area contributed by atoms with Gasteiger partial charge < -0.3 is 9.64 Å². The first-order valence-corrected chi connectivity index (χ1v) is 7.80. The van der Waals surface area contributed by atoms with Crippen molar-refractivity contribution in [2.45, 2.75) is 46.5 Å². The Hall–Kier alpha value is -1.02. The Labute approximate surface area is 118 Å². The zero-order valence-corrected chi connectivity index (χ0v) is 12.9. The number of rotatable bonds is 10. The molecule has 19 heavy (non-hydrogen) atoms. The van der Waals surface area contributed by atoms with Crippen LogP contribution in [0.2, 0.25) is 0 Å². The Morgan fingerprint density at radius 1 is 0.947 bits per heavy atom. The molecule has 0 heterocycles. The Kier molecular flexibility index (Phi) is 8.31. The summed E-state index contributed by atoms with van der Waals surface area (Å²) in [6, 6.07) is 8.24. The number of hydrogen-bond donors (Lipinski definition) is 1. The van der Waals surface area contributed by atoms with E-state index in [2.05, 4.69) is 39.0 Å². The van der Waals surface area contributed by atoms with E-state index in [1.54, 1.807) is 4.90 Å². The number of quaternary nitrogens is 1. The van der Waals surface area contributed by atoms with Crippen LogP contribution in [0, 0.1) is 6.92 Å². The minimum absolute atomic E-state index is 0.850. The van der Waals surface area contributed by atoms with Crippen LogP contribution in [0.1, 0.15) is 45.1 Å². The monoisotopic (exact) mass is 264 g/mol. The standard InChI is InChI=1S/C17H29NO/c1-4-18(5-2)14-10-6-7-11-15-19-17-13-9-8-12-16(17)3/h8-9,12-13H,4-7,10-11,14-15H2,1-3H3/p+1. The van der Waals surface area contributed by atoms with Crippen molar-refractivity contribution in [3.8, 4) is 5.75 Å². The number of nitrogens with one attached hydrogen (secondary N) is 1. The third kappa shape index (κ3) is 6.63. The molecule has 0 fully saturated rings. The van der Waals surface area contributed by atoms with Gasteiger partial charge in [-0.25, -0.2) is 0 Å². The van der Waals surface area contributed by atoms with Crippen molar-refractivity contribution in [3.05, 3.63) is 29.8 Å². The van der Waals surface area contributed by atoms with E-state index in [1.165, 1.54) is 50.9 Å². The Bertz CT molecular complexity index is 334. The molecule has 0 unspecified atom stereocenters. The summed E-state index contributed by atoms with van der Waals surface area (Å²) in [7, 11) is 0. The molecule has 1 aromatic rings. The molecule has 2 heteroatoms. The highest BCUT2D eigenvalue weighted by atomic mass is 16.5. The molecular formula is C17H30NO+. The van der Waals surface area contributed by atoms with Gasteiger partial charge in [0.1, 0.15) is 5.75 Å². The van der Waals surface area contributed by atoms with Gasteiger partial charge in [0.05, 0.1) is 26.2 Å². The lowest BCUT2D eigenvalue weighted by Crippen LogP contribution is -3.11. The minimum atomic E-state index is 0.850. The van der Waals surface area contributed by atoms with E-state index in [1.807, 2.05) is 6.07 Å². The SMILES string of the molecule is CC[NH+](CC)CCCCCCOc1ccccc1C. The van der Waals surface area contributed by atoms with E-state index in [9.17, 15) is 0 Å². The van der Waals surface area contributed by atoms with Gasteiger partial charge >= 0.3 is 0 Å².